The van der Waals surface area contributed by atoms with Crippen molar-refractivity contribution in [3.05, 3.63) is 30.1 Å². The number of halogens is 2. The van der Waals surface area contributed by atoms with Gasteiger partial charge in [0.05, 0.1) is 0 Å². The quantitative estimate of drug-likeness (QED) is 0.926. The molecule has 0 aromatic carbocycles. The number of aromatic nitrogens is 1. The van der Waals surface area contributed by atoms with Crippen molar-refractivity contribution in [3.63, 3.8) is 0 Å². The predicted octanol–water partition coefficient (Wildman–Crippen LogP) is 2.27. The Bertz CT molecular complexity index is 383. The van der Waals surface area contributed by atoms with Crippen molar-refractivity contribution in [1.29, 1.82) is 0 Å². The molecule has 1 aromatic rings. The normalized spacial score (nSPS) is 14.8. The van der Waals surface area contributed by atoms with Gasteiger partial charge in [-0.15, -0.1) is 24.8 Å². The molecule has 0 aliphatic carbocycles. The molecule has 0 unspecified atom stereocenters. The molecule has 1 N–H and O–H groups in total. The topological polar surface area (TPSA) is 45.2 Å². The van der Waals surface area contributed by atoms with Crippen LogP contribution in [0.2, 0.25) is 0 Å². The van der Waals surface area contributed by atoms with Gasteiger partial charge in [-0.25, -0.2) is 0 Å². The van der Waals surface area contributed by atoms with Gasteiger partial charge >= 0.3 is 0 Å². The van der Waals surface area contributed by atoms with Gasteiger partial charge in [-0.1, -0.05) is 6.07 Å². The molecule has 1 aromatic heterocycles. The number of pyridine rings is 1. The van der Waals surface area contributed by atoms with E-state index in [1.807, 2.05) is 25.4 Å². The summed E-state index contributed by atoms with van der Waals surface area (Å²) in [5, 5.41) is 3.32. The molecule has 1 aliphatic rings. The van der Waals surface area contributed by atoms with Gasteiger partial charge in [-0.05, 0) is 43.5 Å². The summed E-state index contributed by atoms with van der Waals surface area (Å²) in [5.74, 6) is 0.792. The zero-order valence-electron chi connectivity index (χ0n) is 11.7. The van der Waals surface area contributed by atoms with E-state index in [-0.39, 0.29) is 30.7 Å². The zero-order chi connectivity index (χ0) is 12.8. The second-order valence-corrected chi connectivity index (χ2v) is 5.01. The lowest BCUT2D eigenvalue weighted by Crippen LogP contribution is -2.33. The number of rotatable bonds is 4. The summed E-state index contributed by atoms with van der Waals surface area (Å²) < 4.78 is 0. The van der Waals surface area contributed by atoms with E-state index in [9.17, 15) is 4.79 Å². The summed E-state index contributed by atoms with van der Waals surface area (Å²) in [6.45, 7) is 2.74. The summed E-state index contributed by atoms with van der Waals surface area (Å²) in [4.78, 5) is 18.0. The Balaban J connectivity index is 0.00000180. The highest BCUT2D eigenvalue weighted by Crippen LogP contribution is 2.17. The van der Waals surface area contributed by atoms with Crippen LogP contribution in [-0.4, -0.2) is 35.9 Å². The first-order valence-corrected chi connectivity index (χ1v) is 6.59. The third kappa shape index (κ3) is 6.07. The number of nitrogens with one attached hydrogen (secondary N) is 1. The zero-order valence-corrected chi connectivity index (χ0v) is 13.4. The molecule has 1 fully saturated rings. The first-order valence-electron chi connectivity index (χ1n) is 6.59. The molecule has 0 bridgehead atoms. The Morgan fingerprint density at radius 2 is 2.10 bits per heavy atom. The maximum Gasteiger partial charge on any atom is 0.222 e. The van der Waals surface area contributed by atoms with Gasteiger partial charge in [-0.2, -0.15) is 0 Å². The summed E-state index contributed by atoms with van der Waals surface area (Å²) in [6, 6.07) is 3.90. The van der Waals surface area contributed by atoms with Crippen LogP contribution in [0, 0.1) is 5.92 Å². The second-order valence-electron chi connectivity index (χ2n) is 5.01. The molecule has 0 atom stereocenters. The predicted molar refractivity (Wildman–Crippen MR) is 85.4 cm³/mol. The highest BCUT2D eigenvalue weighted by molar-refractivity contribution is 5.85. The van der Waals surface area contributed by atoms with Gasteiger partial charge in [0.25, 0.3) is 0 Å². The van der Waals surface area contributed by atoms with Gasteiger partial charge < -0.3 is 10.2 Å². The standard InChI is InChI=1S/C14H21N3O.2ClH/c1-17(11-13-3-2-6-16-10-13)14(18)9-12-4-7-15-8-5-12;;/h2-3,6,10,12,15H,4-5,7-9,11H2,1H3;2*1H. The molecule has 0 spiro atoms. The number of carbonyl (C=O) groups is 1. The number of hydrogen-bond donors (Lipinski definition) is 1. The van der Waals surface area contributed by atoms with Crippen LogP contribution in [0.4, 0.5) is 0 Å². The van der Waals surface area contributed by atoms with Crippen LogP contribution >= 0.6 is 24.8 Å². The number of nitrogens with zero attached hydrogens (tertiary/aromatic N) is 2. The fourth-order valence-electron chi connectivity index (χ4n) is 2.34. The lowest BCUT2D eigenvalue weighted by Gasteiger charge is -2.24. The smallest absolute Gasteiger partial charge is 0.222 e. The minimum atomic E-state index is 0. The van der Waals surface area contributed by atoms with Crippen molar-refractivity contribution in [3.8, 4) is 0 Å². The molecule has 2 heterocycles. The van der Waals surface area contributed by atoms with E-state index in [4.69, 9.17) is 0 Å². The maximum absolute atomic E-state index is 12.1. The number of amides is 1. The fraction of sp³-hybridized carbons (Fsp3) is 0.571. The van der Waals surface area contributed by atoms with Crippen LogP contribution in [0.15, 0.2) is 24.5 Å². The molecule has 20 heavy (non-hydrogen) atoms. The molecule has 6 heteroatoms. The van der Waals surface area contributed by atoms with Gasteiger partial charge in [-0.3, -0.25) is 9.78 Å². The molecule has 114 valence electrons. The van der Waals surface area contributed by atoms with Crippen LogP contribution in [0.25, 0.3) is 0 Å². The molecule has 4 nitrogen and oxygen atoms in total. The third-order valence-electron chi connectivity index (χ3n) is 3.49. The fourth-order valence-corrected chi connectivity index (χ4v) is 2.34. The minimum absolute atomic E-state index is 0. The SMILES string of the molecule is CN(Cc1cccnc1)C(=O)CC1CCNCC1.Cl.Cl. The average molecular weight is 320 g/mol. The summed E-state index contributed by atoms with van der Waals surface area (Å²) >= 11 is 0. The van der Waals surface area contributed by atoms with E-state index in [2.05, 4.69) is 10.3 Å². The summed E-state index contributed by atoms with van der Waals surface area (Å²) in [7, 11) is 1.87. The van der Waals surface area contributed by atoms with E-state index < -0.39 is 0 Å². The second kappa shape index (κ2) is 9.97. The first kappa shape index (κ1) is 19.2. The minimum Gasteiger partial charge on any atom is -0.341 e. The van der Waals surface area contributed by atoms with Crippen molar-refractivity contribution < 1.29 is 4.79 Å². The molecule has 1 amide bonds. The van der Waals surface area contributed by atoms with Gasteiger partial charge in [0, 0.05) is 32.4 Å². The lowest BCUT2D eigenvalue weighted by molar-refractivity contribution is -0.131. The van der Waals surface area contributed by atoms with E-state index >= 15 is 0 Å². The first-order chi connectivity index (χ1) is 8.75. The van der Waals surface area contributed by atoms with Crippen LogP contribution in [0.3, 0.4) is 0 Å². The van der Waals surface area contributed by atoms with Crippen LogP contribution in [0.1, 0.15) is 24.8 Å². The van der Waals surface area contributed by atoms with Crippen molar-refractivity contribution in [2.75, 3.05) is 20.1 Å². The highest BCUT2D eigenvalue weighted by Gasteiger charge is 2.19. The largest absolute Gasteiger partial charge is 0.341 e. The summed E-state index contributed by atoms with van der Waals surface area (Å²) in [5.41, 5.74) is 1.08. The monoisotopic (exact) mass is 319 g/mol. The van der Waals surface area contributed by atoms with E-state index in [0.717, 1.165) is 31.5 Å². The molecule has 1 saturated heterocycles. The molecule has 0 radical (unpaired) electrons. The van der Waals surface area contributed by atoms with Gasteiger partial charge in [0.2, 0.25) is 5.91 Å². The van der Waals surface area contributed by atoms with E-state index in [1.165, 1.54) is 0 Å². The van der Waals surface area contributed by atoms with Crippen molar-refractivity contribution in [2.45, 2.75) is 25.8 Å². The molecule has 2 rings (SSSR count). The lowest BCUT2D eigenvalue weighted by atomic mass is 9.94. The van der Waals surface area contributed by atoms with Crippen molar-refractivity contribution in [2.24, 2.45) is 5.92 Å². The van der Waals surface area contributed by atoms with Crippen molar-refractivity contribution in [1.82, 2.24) is 15.2 Å². The third-order valence-corrected chi connectivity index (χ3v) is 3.49. The van der Waals surface area contributed by atoms with Crippen LogP contribution in [0.5, 0.6) is 0 Å². The number of carbonyl (C=O) groups excluding carboxylic acids is 1. The van der Waals surface area contributed by atoms with Crippen LogP contribution < -0.4 is 5.32 Å². The van der Waals surface area contributed by atoms with Gasteiger partial charge in [0.1, 0.15) is 0 Å². The Morgan fingerprint density at radius 3 is 2.70 bits per heavy atom. The van der Waals surface area contributed by atoms with E-state index in [0.29, 0.717) is 18.9 Å². The van der Waals surface area contributed by atoms with Gasteiger partial charge in [0.15, 0.2) is 0 Å². The Kier molecular flexibility index (Phi) is 9.55. The Labute approximate surface area is 133 Å². The number of hydrogen-bond acceptors (Lipinski definition) is 3. The van der Waals surface area contributed by atoms with E-state index in [1.54, 1.807) is 11.1 Å². The molecule has 1 aliphatic heterocycles. The Hall–Kier alpha value is -0.840. The number of piperidine rings is 1. The Morgan fingerprint density at radius 1 is 1.40 bits per heavy atom. The van der Waals surface area contributed by atoms with Crippen molar-refractivity contribution >= 4 is 30.7 Å². The molecular weight excluding hydrogens is 297 g/mol. The average Bonchev–Trinajstić information content (AvgIpc) is 2.41. The van der Waals surface area contributed by atoms with Crippen LogP contribution in [-0.2, 0) is 11.3 Å². The summed E-state index contributed by atoms with van der Waals surface area (Å²) in [6.07, 6.45) is 6.48. The highest BCUT2D eigenvalue weighted by atomic mass is 35.5. The molecular formula is C14H23Cl2N3O. The molecule has 0 saturated carbocycles. The maximum atomic E-state index is 12.1.